The Bertz CT molecular complexity index is 672. The lowest BCUT2D eigenvalue weighted by molar-refractivity contribution is -0.965. The first-order valence-corrected chi connectivity index (χ1v) is 10.9. The lowest BCUT2D eigenvalue weighted by Gasteiger charge is -2.49. The molecule has 0 spiro atoms. The SMILES string of the molecule is CCC(C)[N+]1(C(C)CC)CCCC(=O)C1.Cc1ccc(S(=O)(=O)[O-])cc1. The molecule has 26 heavy (non-hydrogen) atoms. The quantitative estimate of drug-likeness (QED) is 0.574. The van der Waals surface area contributed by atoms with Crippen LogP contribution in [-0.4, -0.2) is 48.4 Å². The van der Waals surface area contributed by atoms with Gasteiger partial charge >= 0.3 is 0 Å². The van der Waals surface area contributed by atoms with Crippen LogP contribution in [0.1, 0.15) is 58.9 Å². The minimum Gasteiger partial charge on any atom is -0.744 e. The van der Waals surface area contributed by atoms with Crippen molar-refractivity contribution < 1.29 is 22.2 Å². The highest BCUT2D eigenvalue weighted by atomic mass is 32.2. The van der Waals surface area contributed by atoms with Crippen LogP contribution in [0.4, 0.5) is 0 Å². The zero-order valence-corrected chi connectivity index (χ0v) is 17.5. The number of carbonyl (C=O) groups excluding carboxylic acids is 1. The topological polar surface area (TPSA) is 74.3 Å². The summed E-state index contributed by atoms with van der Waals surface area (Å²) < 4.78 is 32.2. The molecule has 1 fully saturated rings. The molecule has 5 nitrogen and oxygen atoms in total. The molecule has 0 radical (unpaired) electrons. The maximum atomic E-state index is 11.7. The first-order chi connectivity index (χ1) is 12.1. The summed E-state index contributed by atoms with van der Waals surface area (Å²) in [4.78, 5) is 11.5. The summed E-state index contributed by atoms with van der Waals surface area (Å²) >= 11 is 0. The highest BCUT2D eigenvalue weighted by molar-refractivity contribution is 7.85. The van der Waals surface area contributed by atoms with Gasteiger partial charge in [0.25, 0.3) is 0 Å². The van der Waals surface area contributed by atoms with Crippen molar-refractivity contribution in [3.63, 3.8) is 0 Å². The Hall–Kier alpha value is -1.24. The van der Waals surface area contributed by atoms with Crippen LogP contribution in [0.2, 0.25) is 0 Å². The Morgan fingerprint density at radius 2 is 1.58 bits per heavy atom. The molecular formula is C20H33NO4S. The van der Waals surface area contributed by atoms with Crippen LogP contribution < -0.4 is 0 Å². The number of hydrogen-bond donors (Lipinski definition) is 0. The number of ketones is 1. The second kappa shape index (κ2) is 9.62. The molecule has 1 aromatic carbocycles. The van der Waals surface area contributed by atoms with E-state index in [1.807, 2.05) is 6.92 Å². The first kappa shape index (κ1) is 22.8. The van der Waals surface area contributed by atoms with Gasteiger partial charge in [-0.3, -0.25) is 4.79 Å². The minimum absolute atomic E-state index is 0.178. The second-order valence-corrected chi connectivity index (χ2v) is 8.79. The van der Waals surface area contributed by atoms with Gasteiger partial charge in [0, 0.05) is 12.8 Å². The van der Waals surface area contributed by atoms with Crippen molar-refractivity contribution in [1.82, 2.24) is 0 Å². The number of rotatable bonds is 5. The molecule has 148 valence electrons. The number of carbonyl (C=O) groups is 1. The first-order valence-electron chi connectivity index (χ1n) is 9.47. The van der Waals surface area contributed by atoms with Crippen molar-refractivity contribution in [2.45, 2.75) is 77.3 Å². The number of hydrogen-bond acceptors (Lipinski definition) is 4. The van der Waals surface area contributed by atoms with E-state index in [9.17, 15) is 17.8 Å². The van der Waals surface area contributed by atoms with Crippen LogP contribution in [0.3, 0.4) is 0 Å². The van der Waals surface area contributed by atoms with E-state index in [0.29, 0.717) is 17.9 Å². The molecule has 1 aliphatic rings. The minimum atomic E-state index is -4.27. The van der Waals surface area contributed by atoms with E-state index in [2.05, 4.69) is 27.7 Å². The summed E-state index contributed by atoms with van der Waals surface area (Å²) in [6.07, 6.45) is 4.26. The van der Waals surface area contributed by atoms with E-state index >= 15 is 0 Å². The Balaban J connectivity index is 0.000000273. The lowest BCUT2D eigenvalue weighted by Crippen LogP contribution is -2.63. The average molecular weight is 384 g/mol. The van der Waals surface area contributed by atoms with E-state index in [1.54, 1.807) is 12.1 Å². The second-order valence-electron chi connectivity index (χ2n) is 7.41. The molecule has 2 atom stereocenters. The van der Waals surface area contributed by atoms with Crippen molar-refractivity contribution in [1.29, 1.82) is 0 Å². The van der Waals surface area contributed by atoms with Gasteiger partial charge in [-0.25, -0.2) is 8.42 Å². The van der Waals surface area contributed by atoms with E-state index in [1.165, 1.54) is 31.5 Å². The molecule has 6 heteroatoms. The number of quaternary nitrogens is 1. The summed E-state index contributed by atoms with van der Waals surface area (Å²) in [5.41, 5.74) is 0.928. The Kier molecular flexibility index (Phi) is 8.44. The molecule has 1 aliphatic heterocycles. The largest absolute Gasteiger partial charge is 0.744 e. The predicted octanol–water partition coefficient (Wildman–Crippen LogP) is 3.66. The molecule has 1 heterocycles. The zero-order valence-electron chi connectivity index (χ0n) is 16.7. The molecule has 0 saturated carbocycles. The fourth-order valence-corrected chi connectivity index (χ4v) is 4.15. The van der Waals surface area contributed by atoms with Gasteiger partial charge in [-0.15, -0.1) is 0 Å². The predicted molar refractivity (Wildman–Crippen MR) is 103 cm³/mol. The Labute approximate surface area is 158 Å². The summed E-state index contributed by atoms with van der Waals surface area (Å²) in [7, 11) is -4.27. The number of piperidine rings is 1. The highest BCUT2D eigenvalue weighted by Gasteiger charge is 2.41. The van der Waals surface area contributed by atoms with Crippen LogP contribution in [0.5, 0.6) is 0 Å². The summed E-state index contributed by atoms with van der Waals surface area (Å²) in [6, 6.07) is 7.04. The van der Waals surface area contributed by atoms with Crippen molar-refractivity contribution in [2.75, 3.05) is 13.1 Å². The third-order valence-corrected chi connectivity index (χ3v) is 6.60. The van der Waals surface area contributed by atoms with Crippen molar-refractivity contribution in [2.24, 2.45) is 0 Å². The van der Waals surface area contributed by atoms with Gasteiger partial charge in [0.1, 0.15) is 16.7 Å². The van der Waals surface area contributed by atoms with E-state index in [-0.39, 0.29) is 4.90 Å². The van der Waals surface area contributed by atoms with Gasteiger partial charge < -0.3 is 9.04 Å². The van der Waals surface area contributed by atoms with Crippen molar-refractivity contribution in [3.05, 3.63) is 29.8 Å². The van der Waals surface area contributed by atoms with E-state index in [0.717, 1.165) is 29.4 Å². The van der Waals surface area contributed by atoms with Gasteiger partial charge in [0.2, 0.25) is 0 Å². The zero-order chi connectivity index (χ0) is 20.0. The molecular weight excluding hydrogens is 350 g/mol. The van der Waals surface area contributed by atoms with Crippen LogP contribution in [0.15, 0.2) is 29.2 Å². The molecule has 2 unspecified atom stereocenters. The van der Waals surface area contributed by atoms with Crippen LogP contribution >= 0.6 is 0 Å². The third kappa shape index (κ3) is 5.89. The normalized spacial score (nSPS) is 22.9. The van der Waals surface area contributed by atoms with E-state index < -0.39 is 10.1 Å². The Morgan fingerprint density at radius 3 is 1.96 bits per heavy atom. The number of benzene rings is 1. The van der Waals surface area contributed by atoms with Gasteiger partial charge in [0.15, 0.2) is 5.78 Å². The molecule has 0 bridgehead atoms. The monoisotopic (exact) mass is 383 g/mol. The molecule has 0 amide bonds. The number of aryl methyl sites for hydroxylation is 1. The maximum Gasteiger partial charge on any atom is 0.187 e. The van der Waals surface area contributed by atoms with Gasteiger partial charge in [-0.05, 0) is 45.7 Å². The molecule has 0 N–H and O–H groups in total. The van der Waals surface area contributed by atoms with Gasteiger partial charge in [0.05, 0.1) is 23.5 Å². The lowest BCUT2D eigenvalue weighted by atomic mass is 9.97. The fourth-order valence-electron chi connectivity index (χ4n) is 3.68. The van der Waals surface area contributed by atoms with Crippen molar-refractivity contribution >= 4 is 15.9 Å². The molecule has 0 aliphatic carbocycles. The molecule has 1 saturated heterocycles. The molecule has 1 aromatic rings. The summed E-state index contributed by atoms with van der Waals surface area (Å²) in [6.45, 7) is 12.9. The average Bonchev–Trinajstić information content (AvgIpc) is 2.60. The van der Waals surface area contributed by atoms with Crippen molar-refractivity contribution in [3.8, 4) is 0 Å². The van der Waals surface area contributed by atoms with Crippen LogP contribution in [0, 0.1) is 6.92 Å². The summed E-state index contributed by atoms with van der Waals surface area (Å²) in [5, 5.41) is 0. The van der Waals surface area contributed by atoms with Crippen LogP contribution in [0.25, 0.3) is 0 Å². The molecule has 2 rings (SSSR count). The van der Waals surface area contributed by atoms with E-state index in [4.69, 9.17) is 0 Å². The van der Waals surface area contributed by atoms with Gasteiger partial charge in [-0.2, -0.15) is 0 Å². The maximum absolute atomic E-state index is 11.7. The smallest absolute Gasteiger partial charge is 0.187 e. The number of Topliss-reactive ketones (excluding diaryl/α,β-unsaturated/α-hetero) is 1. The summed E-state index contributed by atoms with van der Waals surface area (Å²) in [5.74, 6) is 0.474. The number of nitrogens with zero attached hydrogens (tertiary/aromatic N) is 1. The fraction of sp³-hybridized carbons (Fsp3) is 0.650. The highest BCUT2D eigenvalue weighted by Crippen LogP contribution is 2.28. The Morgan fingerprint density at radius 1 is 1.08 bits per heavy atom. The molecule has 0 aromatic heterocycles. The standard InChI is InChI=1S/C13H26NO.C7H8O3S/c1-5-11(3)14(12(4)6-2)9-7-8-13(15)10-14;1-6-2-4-7(5-3-6)11(8,9)10/h11-12H,5-10H2,1-4H3;2-5H,1H3,(H,8,9,10)/q+1;/p-1. The number of likely N-dealkylation sites (tertiary alicyclic amines) is 1. The third-order valence-electron chi connectivity index (χ3n) is 5.75. The van der Waals surface area contributed by atoms with Gasteiger partial charge in [-0.1, -0.05) is 31.5 Å². The van der Waals surface area contributed by atoms with Crippen LogP contribution in [-0.2, 0) is 14.9 Å².